The van der Waals surface area contributed by atoms with Crippen molar-refractivity contribution >= 4 is 34.4 Å². The Hall–Kier alpha value is -3.75. The standard InChI is InChI=1S/C25H26N6O3/c26-24(33)22-17-4-1-2-6-19(17)30(29-22)13-21(32)31-16-11-10-15(12-16)23(31)25(34)28-20-7-3-5-18(27-20)14-8-9-14/h1-7,14-16,23H,8-13H2,(H2,26,33)(H,27,28,34). The molecule has 1 saturated heterocycles. The van der Waals surface area contributed by atoms with Gasteiger partial charge in [-0.05, 0) is 56.2 Å². The van der Waals surface area contributed by atoms with E-state index in [0.29, 0.717) is 22.6 Å². The second-order valence-corrected chi connectivity index (χ2v) is 9.57. The minimum Gasteiger partial charge on any atom is -0.364 e. The van der Waals surface area contributed by atoms with Gasteiger partial charge in [-0.25, -0.2) is 4.98 Å². The molecule has 6 rings (SSSR count). The summed E-state index contributed by atoms with van der Waals surface area (Å²) in [6, 6.07) is 12.4. The SMILES string of the molecule is NC(=O)c1nn(CC(=O)N2C3CCC(C3)C2C(=O)Nc2cccc(C3CC3)n2)c2ccccc12. The zero-order valence-electron chi connectivity index (χ0n) is 18.7. The summed E-state index contributed by atoms with van der Waals surface area (Å²) in [6.07, 6.45) is 4.92. The van der Waals surface area contributed by atoms with Gasteiger partial charge < -0.3 is 16.0 Å². The summed E-state index contributed by atoms with van der Waals surface area (Å²) in [4.78, 5) is 45.0. The van der Waals surface area contributed by atoms with Crippen LogP contribution in [-0.2, 0) is 16.1 Å². The molecular formula is C25H26N6O3. The topological polar surface area (TPSA) is 123 Å². The number of benzene rings is 1. The number of likely N-dealkylation sites (tertiary alicyclic amines) is 1. The van der Waals surface area contributed by atoms with Crippen LogP contribution in [0.1, 0.15) is 54.2 Å². The van der Waals surface area contributed by atoms with Crippen LogP contribution >= 0.6 is 0 Å². The van der Waals surface area contributed by atoms with Crippen molar-refractivity contribution in [2.75, 3.05) is 5.32 Å². The molecular weight excluding hydrogens is 432 g/mol. The first-order valence-corrected chi connectivity index (χ1v) is 11.8. The van der Waals surface area contributed by atoms with Gasteiger partial charge in [-0.3, -0.25) is 19.1 Å². The van der Waals surface area contributed by atoms with Gasteiger partial charge in [0.1, 0.15) is 18.4 Å². The average molecular weight is 459 g/mol. The number of anilines is 1. The number of fused-ring (bicyclic) bond motifs is 3. The predicted molar refractivity (Wildman–Crippen MR) is 125 cm³/mol. The van der Waals surface area contributed by atoms with Crippen LogP contribution in [0.4, 0.5) is 5.82 Å². The first-order chi connectivity index (χ1) is 16.5. The maximum absolute atomic E-state index is 13.5. The number of hydrogen-bond donors (Lipinski definition) is 2. The molecule has 9 heteroatoms. The van der Waals surface area contributed by atoms with E-state index in [0.717, 1.165) is 37.8 Å². The van der Waals surface area contributed by atoms with Gasteiger partial charge >= 0.3 is 0 Å². The van der Waals surface area contributed by atoms with Crippen LogP contribution in [-0.4, -0.2) is 49.5 Å². The van der Waals surface area contributed by atoms with Gasteiger partial charge in [-0.2, -0.15) is 5.10 Å². The van der Waals surface area contributed by atoms with E-state index >= 15 is 0 Å². The van der Waals surface area contributed by atoms with Crippen LogP contribution < -0.4 is 11.1 Å². The molecule has 2 saturated carbocycles. The number of rotatable bonds is 6. The summed E-state index contributed by atoms with van der Waals surface area (Å²) < 4.78 is 1.51. The molecule has 2 aliphatic carbocycles. The maximum Gasteiger partial charge on any atom is 0.269 e. The molecule has 3 unspecified atom stereocenters. The fourth-order valence-corrected chi connectivity index (χ4v) is 5.65. The summed E-state index contributed by atoms with van der Waals surface area (Å²) >= 11 is 0. The molecule has 9 nitrogen and oxygen atoms in total. The van der Waals surface area contributed by atoms with Crippen molar-refractivity contribution in [2.24, 2.45) is 11.7 Å². The quantitative estimate of drug-likeness (QED) is 0.587. The average Bonchev–Trinajstić information content (AvgIpc) is 3.32. The van der Waals surface area contributed by atoms with Gasteiger partial charge in [-0.15, -0.1) is 0 Å². The molecule has 3 aliphatic rings. The third-order valence-corrected chi connectivity index (χ3v) is 7.34. The van der Waals surface area contributed by atoms with E-state index in [4.69, 9.17) is 5.73 Å². The van der Waals surface area contributed by atoms with Gasteiger partial charge in [-0.1, -0.05) is 24.3 Å². The number of piperidine rings is 1. The first kappa shape index (κ1) is 20.8. The second kappa shape index (κ2) is 7.93. The minimum absolute atomic E-state index is 0.0384. The van der Waals surface area contributed by atoms with E-state index in [9.17, 15) is 14.4 Å². The smallest absolute Gasteiger partial charge is 0.269 e. The number of pyridine rings is 1. The number of nitrogens with one attached hydrogen (secondary N) is 1. The van der Waals surface area contributed by atoms with Crippen LogP contribution in [0, 0.1) is 5.92 Å². The number of carbonyl (C=O) groups is 3. The lowest BCUT2D eigenvalue weighted by Gasteiger charge is -2.34. The molecule has 3 N–H and O–H groups in total. The highest BCUT2D eigenvalue weighted by molar-refractivity contribution is 6.04. The first-order valence-electron chi connectivity index (χ1n) is 11.8. The summed E-state index contributed by atoms with van der Waals surface area (Å²) in [5, 5.41) is 7.89. The van der Waals surface area contributed by atoms with Gasteiger partial charge in [0.25, 0.3) is 5.91 Å². The van der Waals surface area contributed by atoms with Gasteiger partial charge in [0, 0.05) is 23.0 Å². The van der Waals surface area contributed by atoms with Crippen LogP contribution in [0.5, 0.6) is 0 Å². The Morgan fingerprint density at radius 3 is 2.65 bits per heavy atom. The van der Waals surface area contributed by atoms with Crippen LogP contribution in [0.15, 0.2) is 42.5 Å². The highest BCUT2D eigenvalue weighted by atomic mass is 16.2. The zero-order valence-corrected chi connectivity index (χ0v) is 18.7. The van der Waals surface area contributed by atoms with Crippen LogP contribution in [0.2, 0.25) is 0 Å². The molecule has 3 atom stereocenters. The van der Waals surface area contributed by atoms with Gasteiger partial charge in [0.2, 0.25) is 11.8 Å². The monoisotopic (exact) mass is 458 g/mol. The fraction of sp³-hybridized carbons (Fsp3) is 0.400. The normalized spacial score (nSPS) is 23.4. The Morgan fingerprint density at radius 1 is 1.03 bits per heavy atom. The van der Waals surface area contributed by atoms with Gasteiger partial charge in [0.15, 0.2) is 5.69 Å². The van der Waals surface area contributed by atoms with Gasteiger partial charge in [0.05, 0.1) is 5.52 Å². The molecule has 1 aromatic carbocycles. The molecule has 1 aliphatic heterocycles. The molecule has 3 aromatic rings. The van der Waals surface area contributed by atoms with Crippen LogP contribution in [0.3, 0.4) is 0 Å². The summed E-state index contributed by atoms with van der Waals surface area (Å²) in [7, 11) is 0. The predicted octanol–water partition coefficient (Wildman–Crippen LogP) is 2.43. The van der Waals surface area contributed by atoms with Crippen molar-refractivity contribution in [1.82, 2.24) is 19.7 Å². The zero-order chi connectivity index (χ0) is 23.4. The molecule has 3 heterocycles. The van der Waals surface area contributed by atoms with Crippen LogP contribution in [0.25, 0.3) is 10.9 Å². The molecule has 174 valence electrons. The Labute approximate surface area is 196 Å². The number of nitrogens with zero attached hydrogens (tertiary/aromatic N) is 4. The Bertz CT molecular complexity index is 1310. The van der Waals surface area contributed by atoms with Crippen molar-refractivity contribution in [1.29, 1.82) is 0 Å². The third kappa shape index (κ3) is 3.52. The Balaban J connectivity index is 1.24. The lowest BCUT2D eigenvalue weighted by atomic mass is 9.97. The highest BCUT2D eigenvalue weighted by Crippen LogP contribution is 2.43. The summed E-state index contributed by atoms with van der Waals surface area (Å²) in [5.74, 6) is 0.151. The molecule has 3 fully saturated rings. The van der Waals surface area contributed by atoms with Crippen molar-refractivity contribution in [3.63, 3.8) is 0 Å². The molecule has 2 aromatic heterocycles. The molecule has 3 amide bonds. The van der Waals surface area contributed by atoms with Crippen molar-refractivity contribution in [2.45, 2.75) is 56.7 Å². The molecule has 0 spiro atoms. The van der Waals surface area contributed by atoms with E-state index in [2.05, 4.69) is 15.4 Å². The fourth-order valence-electron chi connectivity index (χ4n) is 5.65. The van der Waals surface area contributed by atoms with Crippen molar-refractivity contribution in [3.05, 3.63) is 53.9 Å². The van der Waals surface area contributed by atoms with E-state index in [1.807, 2.05) is 18.2 Å². The van der Waals surface area contributed by atoms with Crippen molar-refractivity contribution in [3.8, 4) is 0 Å². The molecule has 0 radical (unpaired) electrons. The number of amides is 3. The van der Waals surface area contributed by atoms with E-state index in [1.54, 1.807) is 29.2 Å². The lowest BCUT2D eigenvalue weighted by Crippen LogP contribution is -2.52. The Kier molecular flexibility index (Phi) is 4.86. The van der Waals surface area contributed by atoms with E-state index < -0.39 is 11.9 Å². The summed E-state index contributed by atoms with van der Waals surface area (Å²) in [5.41, 5.74) is 7.31. The number of hydrogen-bond acceptors (Lipinski definition) is 5. The second-order valence-electron chi connectivity index (χ2n) is 9.57. The minimum atomic E-state index is -0.638. The van der Waals surface area contributed by atoms with E-state index in [1.165, 1.54) is 4.68 Å². The molecule has 2 bridgehead atoms. The third-order valence-electron chi connectivity index (χ3n) is 7.34. The van der Waals surface area contributed by atoms with Crippen molar-refractivity contribution < 1.29 is 14.4 Å². The van der Waals surface area contributed by atoms with E-state index in [-0.39, 0.29) is 36.0 Å². The number of nitrogens with two attached hydrogens (primary N) is 1. The molecule has 34 heavy (non-hydrogen) atoms. The maximum atomic E-state index is 13.5. The largest absolute Gasteiger partial charge is 0.364 e. The number of primary amides is 1. The highest BCUT2D eigenvalue weighted by Gasteiger charge is 2.51. The number of aromatic nitrogens is 3. The number of para-hydroxylation sites is 1. The summed E-state index contributed by atoms with van der Waals surface area (Å²) in [6.45, 7) is -0.0593. The lowest BCUT2D eigenvalue weighted by molar-refractivity contribution is -0.141. The number of carbonyl (C=O) groups excluding carboxylic acids is 3. The Morgan fingerprint density at radius 2 is 1.85 bits per heavy atom.